The van der Waals surface area contributed by atoms with Crippen LogP contribution in [0.1, 0.15) is 25.8 Å². The third-order valence-corrected chi connectivity index (χ3v) is 3.17. The Balaban J connectivity index is 2.60. The monoisotopic (exact) mass is 273 g/mol. The van der Waals surface area contributed by atoms with Crippen LogP contribution in [0, 0.1) is 0 Å². The lowest BCUT2D eigenvalue weighted by Gasteiger charge is -2.22. The van der Waals surface area contributed by atoms with E-state index >= 15 is 0 Å². The maximum absolute atomic E-state index is 12.4. The van der Waals surface area contributed by atoms with Crippen LogP contribution in [0.2, 0.25) is 0 Å². The first kappa shape index (κ1) is 13.9. The highest BCUT2D eigenvalue weighted by Gasteiger charge is 2.28. The van der Waals surface area contributed by atoms with E-state index in [0.29, 0.717) is 17.0 Å². The van der Waals surface area contributed by atoms with Crippen LogP contribution >= 0.6 is 0 Å². The minimum absolute atomic E-state index is 0.213. The number of nitrogens with zero attached hydrogens (tertiary/aromatic N) is 2. The lowest BCUT2D eigenvalue weighted by Crippen LogP contribution is -2.51. The maximum Gasteiger partial charge on any atom is 0.261 e. The van der Waals surface area contributed by atoms with Crippen molar-refractivity contribution in [2.24, 2.45) is 0 Å². The molecule has 20 heavy (non-hydrogen) atoms. The van der Waals surface area contributed by atoms with Crippen molar-refractivity contribution < 1.29 is 9.59 Å². The van der Waals surface area contributed by atoms with Crippen molar-refractivity contribution in [2.45, 2.75) is 25.8 Å². The van der Waals surface area contributed by atoms with Gasteiger partial charge >= 0.3 is 0 Å². The molecular weight excluding hydrogens is 258 g/mol. The van der Waals surface area contributed by atoms with Gasteiger partial charge in [-0.15, -0.1) is 0 Å². The second kappa shape index (κ2) is 5.64. The highest BCUT2D eigenvalue weighted by Crippen LogP contribution is 2.15. The van der Waals surface area contributed by atoms with Gasteiger partial charge in [-0.2, -0.15) is 0 Å². The van der Waals surface area contributed by atoms with Crippen LogP contribution in [0.3, 0.4) is 0 Å². The Morgan fingerprint density at radius 1 is 1.45 bits per heavy atom. The summed E-state index contributed by atoms with van der Waals surface area (Å²) >= 11 is 0. The summed E-state index contributed by atoms with van der Waals surface area (Å²) in [6.45, 7) is 5.35. The van der Waals surface area contributed by atoms with E-state index in [1.54, 1.807) is 19.1 Å². The molecule has 1 aromatic heterocycles. The number of aromatic nitrogens is 2. The van der Waals surface area contributed by atoms with E-state index < -0.39 is 11.9 Å². The smallest absolute Gasteiger partial charge is 0.261 e. The van der Waals surface area contributed by atoms with Crippen molar-refractivity contribution in [1.82, 2.24) is 14.9 Å². The molecule has 6 nitrogen and oxygen atoms in total. The number of rotatable bonds is 2. The molecule has 1 fully saturated rings. The molecule has 1 aliphatic heterocycles. The van der Waals surface area contributed by atoms with Crippen LogP contribution in [0.5, 0.6) is 0 Å². The van der Waals surface area contributed by atoms with Crippen LogP contribution in [0.15, 0.2) is 23.8 Å². The molecule has 0 aromatic carbocycles. The summed E-state index contributed by atoms with van der Waals surface area (Å²) in [5.41, 5.74) is -0.317. The molecule has 2 rings (SSSR count). The van der Waals surface area contributed by atoms with Gasteiger partial charge in [0.15, 0.2) is 0 Å². The number of hydrogen-bond donors (Lipinski definition) is 1. The number of carbonyl (C=O) groups is 2. The van der Waals surface area contributed by atoms with E-state index in [9.17, 15) is 14.4 Å². The molecule has 1 aromatic rings. The molecule has 0 saturated carbocycles. The summed E-state index contributed by atoms with van der Waals surface area (Å²) in [6, 6.07) is -0.699. The number of hydrogen-bond acceptors (Lipinski definition) is 4. The number of imide groups is 1. The minimum atomic E-state index is -0.699. The Hall–Kier alpha value is -2.50. The first-order valence-corrected chi connectivity index (χ1v) is 6.28. The van der Waals surface area contributed by atoms with Gasteiger partial charge in [-0.05, 0) is 19.4 Å². The second-order valence-electron chi connectivity index (χ2n) is 4.41. The lowest BCUT2D eigenvalue weighted by molar-refractivity contribution is -0.135. The van der Waals surface area contributed by atoms with Gasteiger partial charge in [-0.1, -0.05) is 18.7 Å². The largest absolute Gasteiger partial charge is 0.295 e. The van der Waals surface area contributed by atoms with Crippen molar-refractivity contribution in [3.05, 3.63) is 39.9 Å². The summed E-state index contributed by atoms with van der Waals surface area (Å²) in [5, 5.41) is 3.16. The molecule has 1 atom stereocenters. The zero-order valence-corrected chi connectivity index (χ0v) is 11.1. The Labute approximate surface area is 115 Å². The Kier molecular flexibility index (Phi) is 3.93. The molecule has 0 radical (unpaired) electrons. The van der Waals surface area contributed by atoms with E-state index in [0.717, 1.165) is 0 Å². The lowest BCUT2D eigenvalue weighted by atomic mass is 10.1. The first-order valence-electron chi connectivity index (χ1n) is 6.28. The highest BCUT2D eigenvalue weighted by atomic mass is 16.2. The summed E-state index contributed by atoms with van der Waals surface area (Å²) in [4.78, 5) is 39.6. The Morgan fingerprint density at radius 3 is 2.80 bits per heavy atom. The quantitative estimate of drug-likeness (QED) is 0.700. The predicted octanol–water partition coefficient (Wildman–Crippen LogP) is -1.01. The second-order valence-corrected chi connectivity index (χ2v) is 4.41. The fourth-order valence-corrected chi connectivity index (χ4v) is 2.17. The summed E-state index contributed by atoms with van der Waals surface area (Å²) in [6.07, 6.45) is 6.64. The van der Waals surface area contributed by atoms with Crippen molar-refractivity contribution in [1.29, 1.82) is 0 Å². The molecule has 2 amide bonds. The molecule has 0 bridgehead atoms. The summed E-state index contributed by atoms with van der Waals surface area (Å²) < 4.78 is 1.27. The summed E-state index contributed by atoms with van der Waals surface area (Å²) in [5.74, 6) is -0.786. The SMILES string of the molecule is C=C/C=c1/c(=O)n(C2CCC(=O)NC2=O)cn/c1=C/C. The number of nitrogens with one attached hydrogen (secondary N) is 1. The third-order valence-electron chi connectivity index (χ3n) is 3.17. The average molecular weight is 273 g/mol. The average Bonchev–Trinajstić information content (AvgIpc) is 2.42. The van der Waals surface area contributed by atoms with E-state index in [4.69, 9.17) is 0 Å². The van der Waals surface area contributed by atoms with Gasteiger partial charge in [0.25, 0.3) is 5.56 Å². The van der Waals surface area contributed by atoms with E-state index in [-0.39, 0.29) is 17.9 Å². The molecular formula is C14H15N3O3. The number of carbonyl (C=O) groups excluding carboxylic acids is 2. The number of amides is 2. The first-order chi connectivity index (χ1) is 9.58. The Morgan fingerprint density at radius 2 is 2.20 bits per heavy atom. The zero-order valence-electron chi connectivity index (χ0n) is 11.1. The van der Waals surface area contributed by atoms with Crippen LogP contribution in [-0.2, 0) is 9.59 Å². The van der Waals surface area contributed by atoms with Gasteiger partial charge in [0.1, 0.15) is 6.04 Å². The van der Waals surface area contributed by atoms with Crippen LogP contribution in [0.25, 0.3) is 12.2 Å². The van der Waals surface area contributed by atoms with Gasteiger partial charge in [-0.25, -0.2) is 4.98 Å². The standard InChI is InChI=1S/C14H15N3O3/c1-3-5-9-10(4-2)15-8-17(14(9)20)11-6-7-12(18)16-13(11)19/h3-5,8,11H,1,6-7H2,2H3,(H,16,18,19)/b9-5+,10-4+. The summed E-state index contributed by atoms with van der Waals surface area (Å²) in [7, 11) is 0. The maximum atomic E-state index is 12.4. The van der Waals surface area contributed by atoms with Crippen LogP contribution in [-0.4, -0.2) is 21.4 Å². The molecule has 1 N–H and O–H groups in total. The van der Waals surface area contributed by atoms with Gasteiger partial charge in [-0.3, -0.25) is 24.3 Å². The highest BCUT2D eigenvalue weighted by molar-refractivity contribution is 5.99. The van der Waals surface area contributed by atoms with E-state index in [1.807, 2.05) is 0 Å². The van der Waals surface area contributed by atoms with Crippen molar-refractivity contribution in [3.8, 4) is 0 Å². The van der Waals surface area contributed by atoms with Gasteiger partial charge in [0.2, 0.25) is 11.8 Å². The molecule has 1 saturated heterocycles. The topological polar surface area (TPSA) is 81.1 Å². The van der Waals surface area contributed by atoms with E-state index in [1.165, 1.54) is 17.0 Å². The molecule has 2 heterocycles. The third kappa shape index (κ3) is 2.45. The number of piperidine rings is 1. The molecule has 0 spiro atoms. The van der Waals surface area contributed by atoms with Crippen molar-refractivity contribution in [2.75, 3.05) is 0 Å². The van der Waals surface area contributed by atoms with E-state index in [2.05, 4.69) is 16.9 Å². The van der Waals surface area contributed by atoms with Gasteiger partial charge < -0.3 is 0 Å². The van der Waals surface area contributed by atoms with Crippen molar-refractivity contribution in [3.63, 3.8) is 0 Å². The molecule has 104 valence electrons. The molecule has 1 unspecified atom stereocenters. The van der Waals surface area contributed by atoms with Crippen LogP contribution in [0.4, 0.5) is 0 Å². The van der Waals surface area contributed by atoms with Crippen molar-refractivity contribution >= 4 is 24.0 Å². The fraction of sp³-hybridized carbons (Fsp3) is 0.286. The molecule has 6 heteroatoms. The predicted molar refractivity (Wildman–Crippen MR) is 74.0 cm³/mol. The molecule has 0 aliphatic carbocycles. The van der Waals surface area contributed by atoms with Gasteiger partial charge in [0, 0.05) is 6.42 Å². The fourth-order valence-electron chi connectivity index (χ4n) is 2.17. The Bertz CT molecular complexity index is 746. The number of allylic oxidation sites excluding steroid dienone is 1. The van der Waals surface area contributed by atoms with Gasteiger partial charge in [0.05, 0.1) is 16.9 Å². The molecule has 1 aliphatic rings. The zero-order chi connectivity index (χ0) is 14.7. The normalized spacial score (nSPS) is 20.9. The van der Waals surface area contributed by atoms with Crippen LogP contribution < -0.4 is 21.4 Å². The minimum Gasteiger partial charge on any atom is -0.295 e.